The Balaban J connectivity index is 0.000000182. The fourth-order valence-corrected chi connectivity index (χ4v) is 3.49. The predicted octanol–water partition coefficient (Wildman–Crippen LogP) is 5.91. The maximum absolute atomic E-state index is 13.4. The maximum Gasteiger partial charge on any atom is 3.00 e. The van der Waals surface area contributed by atoms with E-state index < -0.39 is 35.3 Å². The van der Waals surface area contributed by atoms with Crippen LogP contribution in [0.15, 0.2) is 85.6 Å². The molecule has 4 aromatic heterocycles. The first-order chi connectivity index (χ1) is 21.0. The van der Waals surface area contributed by atoms with Crippen molar-refractivity contribution in [2.75, 3.05) is 0 Å². The van der Waals surface area contributed by atoms with Crippen LogP contribution in [0.2, 0.25) is 0 Å². The summed E-state index contributed by atoms with van der Waals surface area (Å²) in [6, 6.07) is 14.8. The van der Waals surface area contributed by atoms with Crippen LogP contribution >= 0.6 is 0 Å². The zero-order chi connectivity index (χ0) is 31.7. The van der Waals surface area contributed by atoms with E-state index in [0.717, 1.165) is 24.3 Å². The number of nitrogens with zero attached hydrogens (tertiary/aromatic N) is 8. The van der Waals surface area contributed by atoms with Gasteiger partial charge in [-0.3, -0.25) is 28.2 Å². The van der Waals surface area contributed by atoms with Crippen molar-refractivity contribution in [1.82, 2.24) is 39.7 Å². The number of aromatic nitrogens is 8. The van der Waals surface area contributed by atoms with Gasteiger partial charge < -0.3 is 10.1 Å². The summed E-state index contributed by atoms with van der Waals surface area (Å²) in [7, 11) is 0. The normalized spacial score (nSPS) is 10.6. The topological polar surface area (TPSA) is 88.4 Å². The van der Waals surface area contributed by atoms with E-state index in [1.165, 1.54) is 21.6 Å². The fourth-order valence-electron chi connectivity index (χ4n) is 3.49. The smallest absolute Gasteiger partial charge is 0.413 e. The van der Waals surface area contributed by atoms with Gasteiger partial charge in [-0.05, 0) is 36.2 Å². The number of hydrogen-bond acceptors (Lipinski definition) is 5. The Labute approximate surface area is 265 Å². The average Bonchev–Trinajstić information content (AvgIpc) is 3.80. The zero-order valence-electron chi connectivity index (χ0n) is 22.8. The molecule has 0 fully saturated rings. The van der Waals surface area contributed by atoms with Gasteiger partial charge in [0.25, 0.3) is 0 Å². The Morgan fingerprint density at radius 2 is 1.42 bits per heavy atom. The molecule has 0 saturated carbocycles. The minimum atomic E-state index is -4.57. The molecule has 0 radical (unpaired) electrons. The summed E-state index contributed by atoms with van der Waals surface area (Å²) in [5, 5.41) is 14.1. The van der Waals surface area contributed by atoms with Gasteiger partial charge in [-0.1, -0.05) is 17.7 Å². The standard InChI is InChI=1S/C11H9F2N2.C10H7F2N2.C8H4F3N4.Ir/c1-8-9(7-15-6-2-5-14-15)11(13)4-3-10(8)12;11-9-2-3-10(12)8(6-9)7-14-5-1-4-13-14;9-8(10,11)7-13-6(14-15-7)5-3-1-2-4-12-5;/h2-6H,1,7H2;1-5H,7H2;1-4H;/q3*-1;+3. The summed E-state index contributed by atoms with van der Waals surface area (Å²) in [6.07, 6.45) is 3.40. The van der Waals surface area contributed by atoms with E-state index in [4.69, 9.17) is 0 Å². The quantitative estimate of drug-likeness (QED) is 0.159. The summed E-state index contributed by atoms with van der Waals surface area (Å²) in [6.45, 7) is 3.89. The van der Waals surface area contributed by atoms with Crippen molar-refractivity contribution in [3.05, 3.63) is 144 Å². The predicted molar refractivity (Wildman–Crippen MR) is 142 cm³/mol. The van der Waals surface area contributed by atoms with Gasteiger partial charge in [0.2, 0.25) is 0 Å². The van der Waals surface area contributed by atoms with Gasteiger partial charge in [0.15, 0.2) is 0 Å². The summed E-state index contributed by atoms with van der Waals surface area (Å²) >= 11 is 0. The molecule has 0 amide bonds. The molecule has 0 spiro atoms. The van der Waals surface area contributed by atoms with Crippen molar-refractivity contribution < 1.29 is 50.8 Å². The molecule has 0 N–H and O–H groups in total. The molecule has 8 nitrogen and oxygen atoms in total. The van der Waals surface area contributed by atoms with Gasteiger partial charge in [-0.2, -0.15) is 35.9 Å². The first kappa shape index (κ1) is 34.7. The molecule has 0 unspecified atom stereocenters. The van der Waals surface area contributed by atoms with E-state index in [9.17, 15) is 30.7 Å². The molecule has 0 aliphatic heterocycles. The number of hydrogen-bond donors (Lipinski definition) is 0. The number of rotatable bonds is 5. The Morgan fingerprint density at radius 1 is 0.778 bits per heavy atom. The molecular formula is C29H20F7IrN8. The number of benzene rings is 2. The molecule has 234 valence electrons. The molecule has 2 aromatic carbocycles. The van der Waals surface area contributed by atoms with Gasteiger partial charge in [0.05, 0.1) is 11.5 Å². The van der Waals surface area contributed by atoms with E-state index in [1.807, 2.05) is 0 Å². The second-order valence-electron chi connectivity index (χ2n) is 8.70. The zero-order valence-corrected chi connectivity index (χ0v) is 25.2. The van der Waals surface area contributed by atoms with E-state index in [2.05, 4.69) is 43.4 Å². The third kappa shape index (κ3) is 9.84. The third-order valence-electron chi connectivity index (χ3n) is 5.61. The fraction of sp³-hybridized carbons (Fsp3) is 0.103. The van der Waals surface area contributed by atoms with Crippen molar-refractivity contribution in [2.24, 2.45) is 0 Å². The van der Waals surface area contributed by atoms with E-state index in [0.29, 0.717) is 0 Å². The van der Waals surface area contributed by atoms with Crippen LogP contribution in [0, 0.1) is 36.3 Å². The van der Waals surface area contributed by atoms with Crippen molar-refractivity contribution in [3.63, 3.8) is 0 Å². The van der Waals surface area contributed by atoms with Gasteiger partial charge in [-0.25, -0.2) is 8.78 Å². The van der Waals surface area contributed by atoms with E-state index >= 15 is 0 Å². The van der Waals surface area contributed by atoms with Crippen LogP contribution in [-0.2, 0) is 39.4 Å². The molecule has 6 aromatic rings. The van der Waals surface area contributed by atoms with Crippen LogP contribution in [-0.4, -0.2) is 34.6 Å². The third-order valence-corrected chi connectivity index (χ3v) is 5.61. The van der Waals surface area contributed by atoms with Gasteiger partial charge in [0, 0.05) is 61.5 Å². The SMILES string of the molecule is FC(F)(F)c1n[n-]c(-c2ccccn2)n1.Fc1[c-]c(Cn2cccn2)c(F)cc1.[CH2-]c1c(F)ccc(F)c1Cn1cccn1.[Ir+3]. The Kier molecular flexibility index (Phi) is 12.1. The molecule has 0 bridgehead atoms. The van der Waals surface area contributed by atoms with Crippen LogP contribution in [0.25, 0.3) is 11.5 Å². The molecule has 0 atom stereocenters. The van der Waals surface area contributed by atoms with Crippen molar-refractivity contribution in [3.8, 4) is 11.5 Å². The summed E-state index contributed by atoms with van der Waals surface area (Å²) in [5.74, 6) is -3.36. The number of alkyl halides is 3. The monoisotopic (exact) mass is 806 g/mol. The van der Waals surface area contributed by atoms with Crippen LogP contribution in [0.5, 0.6) is 0 Å². The molecule has 6 rings (SSSR count). The number of halogens is 7. The van der Waals surface area contributed by atoms with Crippen LogP contribution in [0.3, 0.4) is 0 Å². The summed E-state index contributed by atoms with van der Waals surface area (Å²) < 4.78 is 91.8. The Hall–Kier alpha value is -4.82. The number of pyridine rings is 1. The van der Waals surface area contributed by atoms with Gasteiger partial charge in [0.1, 0.15) is 5.82 Å². The van der Waals surface area contributed by atoms with Gasteiger partial charge in [-0.15, -0.1) is 23.8 Å². The molecule has 16 heteroatoms. The van der Waals surface area contributed by atoms with E-state index in [1.54, 1.807) is 49.1 Å². The minimum Gasteiger partial charge on any atom is -0.413 e. The van der Waals surface area contributed by atoms with Crippen molar-refractivity contribution in [1.29, 1.82) is 0 Å². The first-order valence-electron chi connectivity index (χ1n) is 12.5. The van der Waals surface area contributed by atoms with Crippen molar-refractivity contribution >= 4 is 0 Å². The van der Waals surface area contributed by atoms with Crippen molar-refractivity contribution in [2.45, 2.75) is 19.3 Å². The van der Waals surface area contributed by atoms with Crippen LogP contribution in [0.1, 0.15) is 22.5 Å². The Morgan fingerprint density at radius 3 is 2.00 bits per heavy atom. The van der Waals surface area contributed by atoms with E-state index in [-0.39, 0.29) is 61.4 Å². The molecule has 0 saturated heterocycles. The summed E-state index contributed by atoms with van der Waals surface area (Å²) in [5.41, 5.74) is 0.762. The van der Waals surface area contributed by atoms with Crippen LogP contribution < -0.4 is 5.10 Å². The second kappa shape index (κ2) is 15.8. The largest absolute Gasteiger partial charge is 3.00 e. The van der Waals surface area contributed by atoms with Crippen LogP contribution in [0.4, 0.5) is 30.7 Å². The molecule has 45 heavy (non-hydrogen) atoms. The summed E-state index contributed by atoms with van der Waals surface area (Å²) in [4.78, 5) is 7.05. The molecule has 4 heterocycles. The molecule has 0 aliphatic rings. The second-order valence-corrected chi connectivity index (χ2v) is 8.70. The molecule has 0 aliphatic carbocycles. The van der Waals surface area contributed by atoms with Gasteiger partial charge >= 0.3 is 26.3 Å². The maximum atomic E-state index is 13.4. The molecular weight excluding hydrogens is 786 g/mol. The first-order valence-corrected chi connectivity index (χ1v) is 12.5. The Bertz CT molecular complexity index is 1760. The minimum absolute atomic E-state index is 0. The average molecular weight is 806 g/mol.